The molecule has 1 aliphatic heterocycles. The number of carboxylic acid groups (broad SMARTS) is 1. The van der Waals surface area contributed by atoms with Gasteiger partial charge in [-0.15, -0.1) is 0 Å². The quantitative estimate of drug-likeness (QED) is 0.832. The largest absolute Gasteiger partial charge is 0.481 e. The van der Waals surface area contributed by atoms with Crippen molar-refractivity contribution in [3.8, 4) is 0 Å². The van der Waals surface area contributed by atoms with Crippen molar-refractivity contribution in [3.05, 3.63) is 11.7 Å². The summed E-state index contributed by atoms with van der Waals surface area (Å²) >= 11 is 1.92. The van der Waals surface area contributed by atoms with Crippen LogP contribution in [0.2, 0.25) is 0 Å². The van der Waals surface area contributed by atoms with E-state index in [1.165, 1.54) is 18.6 Å². The number of aromatic nitrogens is 2. The number of aliphatic carboxylic acids is 1. The highest BCUT2D eigenvalue weighted by Gasteiger charge is 2.19. The molecule has 5 nitrogen and oxygen atoms in total. The molecular formula is C9H12N2O3S. The molecule has 0 amide bonds. The third-order valence-corrected chi connectivity index (χ3v) is 3.64. The maximum atomic E-state index is 10.4. The fraction of sp³-hybridized carbons (Fsp3) is 0.667. The third kappa shape index (κ3) is 2.95. The smallest absolute Gasteiger partial charge is 0.311 e. The molecule has 0 radical (unpaired) electrons. The molecule has 1 aromatic rings. The highest BCUT2D eigenvalue weighted by Crippen LogP contribution is 2.28. The lowest BCUT2D eigenvalue weighted by atomic mass is 10.2. The molecule has 82 valence electrons. The Kier molecular flexibility index (Phi) is 3.25. The summed E-state index contributed by atoms with van der Waals surface area (Å²) in [7, 11) is 0. The molecule has 1 N–H and O–H groups in total. The maximum absolute atomic E-state index is 10.4. The molecule has 0 saturated carbocycles. The first-order valence-corrected chi connectivity index (χ1v) is 5.94. The highest BCUT2D eigenvalue weighted by atomic mass is 32.2. The maximum Gasteiger partial charge on any atom is 0.311 e. The van der Waals surface area contributed by atoms with Crippen molar-refractivity contribution in [1.82, 2.24) is 10.1 Å². The van der Waals surface area contributed by atoms with Crippen LogP contribution in [0, 0.1) is 0 Å². The van der Waals surface area contributed by atoms with Crippen LogP contribution in [0.1, 0.15) is 24.6 Å². The SMILES string of the molecule is O=C(O)Cc1noc(CC2CCCS2)n1. The van der Waals surface area contributed by atoms with Crippen LogP contribution >= 0.6 is 11.8 Å². The van der Waals surface area contributed by atoms with E-state index in [9.17, 15) is 4.79 Å². The zero-order chi connectivity index (χ0) is 10.7. The first-order valence-electron chi connectivity index (χ1n) is 4.89. The highest BCUT2D eigenvalue weighted by molar-refractivity contribution is 8.00. The van der Waals surface area contributed by atoms with Crippen LogP contribution in [0.25, 0.3) is 0 Å². The van der Waals surface area contributed by atoms with Crippen LogP contribution in [0.3, 0.4) is 0 Å². The van der Waals surface area contributed by atoms with E-state index in [2.05, 4.69) is 10.1 Å². The first kappa shape index (κ1) is 10.5. The topological polar surface area (TPSA) is 76.2 Å². The van der Waals surface area contributed by atoms with E-state index >= 15 is 0 Å². The van der Waals surface area contributed by atoms with Crippen molar-refractivity contribution < 1.29 is 14.4 Å². The van der Waals surface area contributed by atoms with E-state index in [1.54, 1.807) is 0 Å². The van der Waals surface area contributed by atoms with Gasteiger partial charge in [0.2, 0.25) is 5.89 Å². The van der Waals surface area contributed by atoms with Gasteiger partial charge in [0.25, 0.3) is 0 Å². The predicted molar refractivity (Wildman–Crippen MR) is 54.8 cm³/mol. The second-order valence-corrected chi connectivity index (χ2v) is 4.92. The minimum absolute atomic E-state index is 0.165. The Morgan fingerprint density at radius 3 is 3.20 bits per heavy atom. The summed E-state index contributed by atoms with van der Waals surface area (Å²) in [5.41, 5.74) is 0. The van der Waals surface area contributed by atoms with Gasteiger partial charge in [-0.1, -0.05) is 5.16 Å². The van der Waals surface area contributed by atoms with Gasteiger partial charge < -0.3 is 9.63 Å². The van der Waals surface area contributed by atoms with Gasteiger partial charge >= 0.3 is 5.97 Å². The van der Waals surface area contributed by atoms with Crippen LogP contribution in [0.4, 0.5) is 0 Å². The van der Waals surface area contributed by atoms with E-state index in [-0.39, 0.29) is 12.2 Å². The van der Waals surface area contributed by atoms with Gasteiger partial charge in [-0.2, -0.15) is 16.7 Å². The average molecular weight is 228 g/mol. The average Bonchev–Trinajstić information content (AvgIpc) is 2.77. The zero-order valence-electron chi connectivity index (χ0n) is 8.18. The zero-order valence-corrected chi connectivity index (χ0v) is 9.00. The molecule has 1 aliphatic rings. The number of carbonyl (C=O) groups is 1. The van der Waals surface area contributed by atoms with Gasteiger partial charge in [-0.25, -0.2) is 0 Å². The summed E-state index contributed by atoms with van der Waals surface area (Å²) in [4.78, 5) is 14.4. The normalized spacial score (nSPS) is 20.7. The fourth-order valence-electron chi connectivity index (χ4n) is 1.58. The number of thioether (sulfide) groups is 1. The Morgan fingerprint density at radius 2 is 2.53 bits per heavy atom. The van der Waals surface area contributed by atoms with Gasteiger partial charge in [-0.3, -0.25) is 4.79 Å². The Balaban J connectivity index is 1.91. The number of carboxylic acids is 1. The van der Waals surface area contributed by atoms with Crippen LogP contribution in [-0.2, 0) is 17.6 Å². The Labute approximate surface area is 91.2 Å². The number of nitrogens with zero attached hydrogens (tertiary/aromatic N) is 2. The van der Waals surface area contributed by atoms with Gasteiger partial charge in [-0.05, 0) is 18.6 Å². The van der Waals surface area contributed by atoms with Gasteiger partial charge in [0, 0.05) is 11.7 Å². The van der Waals surface area contributed by atoms with Crippen molar-refractivity contribution in [2.24, 2.45) is 0 Å². The van der Waals surface area contributed by atoms with Crippen molar-refractivity contribution in [2.75, 3.05) is 5.75 Å². The van der Waals surface area contributed by atoms with Crippen molar-refractivity contribution in [2.45, 2.75) is 30.9 Å². The molecule has 2 heterocycles. The third-order valence-electron chi connectivity index (χ3n) is 2.25. The Hall–Kier alpha value is -1.04. The molecule has 1 aromatic heterocycles. The summed E-state index contributed by atoms with van der Waals surface area (Å²) in [5, 5.41) is 12.7. The predicted octanol–water partition coefficient (Wildman–Crippen LogP) is 1.13. The molecule has 1 fully saturated rings. The monoisotopic (exact) mass is 228 g/mol. The van der Waals surface area contributed by atoms with Crippen LogP contribution in [0.15, 0.2) is 4.52 Å². The molecule has 1 unspecified atom stereocenters. The lowest BCUT2D eigenvalue weighted by molar-refractivity contribution is -0.136. The minimum atomic E-state index is -0.933. The molecule has 0 aromatic carbocycles. The molecule has 0 aliphatic carbocycles. The molecule has 1 atom stereocenters. The second kappa shape index (κ2) is 4.65. The van der Waals surface area contributed by atoms with Gasteiger partial charge in [0.1, 0.15) is 6.42 Å². The van der Waals surface area contributed by atoms with Crippen LogP contribution in [0.5, 0.6) is 0 Å². The minimum Gasteiger partial charge on any atom is -0.481 e. The lowest BCUT2D eigenvalue weighted by Gasteiger charge is -2.01. The van der Waals surface area contributed by atoms with E-state index in [1.807, 2.05) is 11.8 Å². The van der Waals surface area contributed by atoms with E-state index < -0.39 is 5.97 Å². The fourth-order valence-corrected chi connectivity index (χ4v) is 2.84. The van der Waals surface area contributed by atoms with E-state index in [4.69, 9.17) is 9.63 Å². The number of hydrogen-bond acceptors (Lipinski definition) is 5. The molecule has 15 heavy (non-hydrogen) atoms. The van der Waals surface area contributed by atoms with Gasteiger partial charge in [0.05, 0.1) is 0 Å². The Morgan fingerprint density at radius 1 is 1.67 bits per heavy atom. The van der Waals surface area contributed by atoms with Crippen LogP contribution in [-0.4, -0.2) is 32.2 Å². The molecule has 0 spiro atoms. The summed E-state index contributed by atoms with van der Waals surface area (Å²) in [5.74, 6) is 1.09. The second-order valence-electron chi connectivity index (χ2n) is 3.51. The van der Waals surface area contributed by atoms with Crippen molar-refractivity contribution >= 4 is 17.7 Å². The molecule has 0 bridgehead atoms. The Bertz CT molecular complexity index is 347. The molecular weight excluding hydrogens is 216 g/mol. The summed E-state index contributed by atoms with van der Waals surface area (Å²) in [6.07, 6.45) is 3.02. The summed E-state index contributed by atoms with van der Waals surface area (Å²) in [6.45, 7) is 0. The van der Waals surface area contributed by atoms with Gasteiger partial charge in [0.15, 0.2) is 5.82 Å². The standard InChI is InChI=1S/C9H12N2O3S/c12-9(13)5-7-10-8(14-11-7)4-6-2-1-3-15-6/h6H,1-5H2,(H,12,13). The molecule has 1 saturated heterocycles. The van der Waals surface area contributed by atoms with Crippen LogP contribution < -0.4 is 0 Å². The number of rotatable bonds is 4. The summed E-state index contributed by atoms with van der Waals surface area (Å²) in [6, 6.07) is 0. The first-order chi connectivity index (χ1) is 7.24. The molecule has 2 rings (SSSR count). The van der Waals surface area contributed by atoms with E-state index in [0.717, 1.165) is 6.42 Å². The molecule has 6 heteroatoms. The summed E-state index contributed by atoms with van der Waals surface area (Å²) < 4.78 is 4.99. The number of hydrogen-bond donors (Lipinski definition) is 1. The lowest BCUT2D eigenvalue weighted by Crippen LogP contribution is -2.04. The van der Waals surface area contributed by atoms with E-state index in [0.29, 0.717) is 11.1 Å². The van der Waals surface area contributed by atoms with Crippen molar-refractivity contribution in [3.63, 3.8) is 0 Å². The van der Waals surface area contributed by atoms with Crippen molar-refractivity contribution in [1.29, 1.82) is 0 Å².